The average Bonchev–Trinajstić information content (AvgIpc) is 2.95. The van der Waals surface area contributed by atoms with Gasteiger partial charge in [0.2, 0.25) is 0 Å². The molecule has 0 aromatic carbocycles. The molecule has 0 saturated carbocycles. The Morgan fingerprint density at radius 1 is 0.688 bits per heavy atom. The number of unbranched alkanes of at least 4 members (excludes halogenated alkanes) is 6. The molecule has 0 aromatic rings. The molecular weight excluding hydrogens is 707 g/mol. The summed E-state index contributed by atoms with van der Waals surface area (Å²) in [7, 11) is -5.40. The summed E-state index contributed by atoms with van der Waals surface area (Å²) in [4.78, 5) is 45.7. The Balaban J connectivity index is 6.29. The smallest absolute Gasteiger partial charge is 0.472 e. The number of carbonyl (C=O) groups excluding carboxylic acids is 2. The molecule has 0 saturated heterocycles. The predicted octanol–water partition coefficient (Wildman–Crippen LogP) is 6.56. The molecule has 0 aliphatic carbocycles. The van der Waals surface area contributed by atoms with Crippen LogP contribution in [-0.2, 0) is 37.5 Å². The van der Waals surface area contributed by atoms with Gasteiger partial charge in [0.1, 0.15) is 24.5 Å². The van der Waals surface area contributed by atoms with Gasteiger partial charge in [0.05, 0.1) is 13.2 Å². The van der Waals surface area contributed by atoms with Gasteiger partial charge >= 0.3 is 49.9 Å². The fourth-order valence-electron chi connectivity index (χ4n) is 3.94. The number of hydrogen-bond donors (Lipinski definition) is 3. The maximum atomic E-state index is 14.4. The predicted molar refractivity (Wildman–Crippen MR) is 145 cm³/mol. The zero-order chi connectivity index (χ0) is 37.6. The Hall–Kier alpha value is -2.22. The molecule has 0 aromatic heterocycles. The van der Waals surface area contributed by atoms with Crippen LogP contribution in [0, 0.1) is 11.8 Å². The first-order valence-corrected chi connectivity index (χ1v) is 16.2. The number of phosphoric ester groups is 1. The third kappa shape index (κ3) is 15.1. The number of rotatable bonds is 24. The fraction of sp³-hybridized carbons (Fsp3) is 0.885. The fourth-order valence-corrected chi connectivity index (χ4v) is 4.72. The topological polar surface area (TPSA) is 172 Å². The van der Waals surface area contributed by atoms with Gasteiger partial charge in [-0.1, -0.05) is 65.2 Å². The van der Waals surface area contributed by atoms with Crippen molar-refractivity contribution < 1.29 is 91.4 Å². The summed E-state index contributed by atoms with van der Waals surface area (Å²) in [5.41, 5.74) is 5.10. The first-order valence-electron chi connectivity index (χ1n) is 14.7. The standard InChI is InChI=1S/C26H40F10NO10P/c1-3-5-7-9-11-17(23(27,28)25(31,32)33)21(40)44-13-16(14-45-48(42,43)46-15-19(37)20(38)39)47-22(41)18(12-10-8-6-4-2)24(29,30)26(34,35)36/h16-19H,3-15,37H2,1-2H3,(H,38,39)(H,42,43). The number of carboxylic acids is 1. The molecular formula is C26H40F10NO10P. The van der Waals surface area contributed by atoms with Crippen molar-refractivity contribution in [2.24, 2.45) is 17.6 Å². The van der Waals surface area contributed by atoms with E-state index in [1.54, 1.807) is 13.8 Å². The molecule has 0 spiro atoms. The van der Waals surface area contributed by atoms with Crippen molar-refractivity contribution in [2.45, 2.75) is 114 Å². The molecule has 48 heavy (non-hydrogen) atoms. The van der Waals surface area contributed by atoms with E-state index in [-0.39, 0.29) is 25.7 Å². The maximum Gasteiger partial charge on any atom is 0.472 e. The Bertz CT molecular complexity index is 1060. The Labute approximate surface area is 269 Å². The van der Waals surface area contributed by atoms with Crippen molar-refractivity contribution in [1.29, 1.82) is 0 Å². The highest BCUT2D eigenvalue weighted by molar-refractivity contribution is 7.47. The van der Waals surface area contributed by atoms with Crippen LogP contribution in [0.5, 0.6) is 0 Å². The number of ether oxygens (including phenoxy) is 2. The van der Waals surface area contributed by atoms with Crippen LogP contribution >= 0.6 is 7.82 Å². The SMILES string of the molecule is CCCCCCC(C(=O)OCC(COP(=O)(O)OCC(N)C(=O)O)OC(=O)C(CCCCCC)C(F)(F)C(F)(F)F)C(F)(F)C(F)(F)F. The van der Waals surface area contributed by atoms with E-state index in [4.69, 9.17) is 10.8 Å². The number of carbonyl (C=O) groups is 3. The van der Waals surface area contributed by atoms with E-state index in [1.165, 1.54) is 0 Å². The van der Waals surface area contributed by atoms with Crippen LogP contribution < -0.4 is 5.73 Å². The van der Waals surface area contributed by atoms with Crippen molar-refractivity contribution in [3.05, 3.63) is 0 Å². The zero-order valence-electron chi connectivity index (χ0n) is 26.0. The molecule has 5 unspecified atom stereocenters. The molecule has 0 amide bonds. The van der Waals surface area contributed by atoms with Crippen molar-refractivity contribution in [3.8, 4) is 0 Å². The van der Waals surface area contributed by atoms with E-state index in [0.29, 0.717) is 25.7 Å². The second-order valence-corrected chi connectivity index (χ2v) is 12.2. The Morgan fingerprint density at radius 2 is 1.10 bits per heavy atom. The second kappa shape index (κ2) is 19.8. The summed E-state index contributed by atoms with van der Waals surface area (Å²) in [6.07, 6.45) is -15.7. The third-order valence-electron chi connectivity index (χ3n) is 6.75. The monoisotopic (exact) mass is 747 g/mol. The number of nitrogens with two attached hydrogens (primary N) is 1. The van der Waals surface area contributed by atoms with E-state index in [9.17, 15) is 67.7 Å². The normalized spacial score (nSPS) is 16.8. The van der Waals surface area contributed by atoms with Crippen molar-refractivity contribution in [2.75, 3.05) is 19.8 Å². The molecule has 11 nitrogen and oxygen atoms in total. The van der Waals surface area contributed by atoms with Gasteiger partial charge in [-0.25, -0.2) is 4.57 Å². The van der Waals surface area contributed by atoms with Crippen LogP contribution in [0.25, 0.3) is 0 Å². The Morgan fingerprint density at radius 3 is 1.50 bits per heavy atom. The maximum absolute atomic E-state index is 14.4. The van der Waals surface area contributed by atoms with Gasteiger partial charge in [-0.05, 0) is 12.8 Å². The highest BCUT2D eigenvalue weighted by atomic mass is 31.2. The summed E-state index contributed by atoms with van der Waals surface area (Å²) in [6, 6.07) is -1.90. The van der Waals surface area contributed by atoms with Crippen LogP contribution in [-0.4, -0.2) is 84.1 Å². The van der Waals surface area contributed by atoms with Gasteiger partial charge in [-0.3, -0.25) is 23.4 Å². The second-order valence-electron chi connectivity index (χ2n) is 10.7. The number of phosphoric acid groups is 1. The molecule has 0 heterocycles. The summed E-state index contributed by atoms with van der Waals surface area (Å²) in [5.74, 6) is -24.0. The third-order valence-corrected chi connectivity index (χ3v) is 7.70. The highest BCUT2D eigenvalue weighted by Crippen LogP contribution is 2.46. The minimum Gasteiger partial charge on any atom is -0.480 e. The van der Waals surface area contributed by atoms with E-state index in [0.717, 1.165) is 0 Å². The van der Waals surface area contributed by atoms with Crippen LogP contribution in [0.4, 0.5) is 43.9 Å². The molecule has 0 aliphatic rings. The molecule has 0 bridgehead atoms. The molecule has 0 fully saturated rings. The van der Waals surface area contributed by atoms with Gasteiger partial charge in [0.15, 0.2) is 6.10 Å². The average molecular weight is 748 g/mol. The number of esters is 2. The summed E-state index contributed by atoms with van der Waals surface area (Å²) in [5, 5.41) is 8.73. The largest absolute Gasteiger partial charge is 0.480 e. The quantitative estimate of drug-likeness (QED) is 0.0423. The van der Waals surface area contributed by atoms with Crippen LogP contribution in [0.15, 0.2) is 0 Å². The molecule has 0 aliphatic heterocycles. The number of aliphatic carboxylic acids is 1. The number of hydrogen-bond acceptors (Lipinski definition) is 9. The van der Waals surface area contributed by atoms with E-state index in [2.05, 4.69) is 18.5 Å². The molecule has 22 heteroatoms. The molecule has 0 rings (SSSR count). The van der Waals surface area contributed by atoms with Crippen molar-refractivity contribution in [3.63, 3.8) is 0 Å². The highest BCUT2D eigenvalue weighted by Gasteiger charge is 2.66. The number of alkyl halides is 10. The molecule has 284 valence electrons. The van der Waals surface area contributed by atoms with Gasteiger partial charge in [-0.15, -0.1) is 0 Å². The minimum absolute atomic E-state index is 0.106. The van der Waals surface area contributed by atoms with Crippen LogP contribution in [0.3, 0.4) is 0 Å². The summed E-state index contributed by atoms with van der Waals surface area (Å²) in [6.45, 7) is -1.00. The molecule has 4 N–H and O–H groups in total. The number of halogens is 10. The van der Waals surface area contributed by atoms with E-state index in [1.807, 2.05) is 0 Å². The molecule has 0 radical (unpaired) electrons. The lowest BCUT2D eigenvalue weighted by molar-refractivity contribution is -0.303. The van der Waals surface area contributed by atoms with Gasteiger partial charge in [0, 0.05) is 0 Å². The van der Waals surface area contributed by atoms with E-state index >= 15 is 0 Å². The summed E-state index contributed by atoms with van der Waals surface area (Å²) < 4.78 is 166. The van der Waals surface area contributed by atoms with Gasteiger partial charge < -0.3 is 25.2 Å². The Kier molecular flexibility index (Phi) is 18.9. The lowest BCUT2D eigenvalue weighted by Gasteiger charge is -2.30. The van der Waals surface area contributed by atoms with Crippen molar-refractivity contribution in [1.82, 2.24) is 0 Å². The van der Waals surface area contributed by atoms with Gasteiger partial charge in [0.25, 0.3) is 0 Å². The molecule has 5 atom stereocenters. The van der Waals surface area contributed by atoms with Crippen LogP contribution in [0.2, 0.25) is 0 Å². The minimum atomic E-state index is -6.29. The number of carboxylic acid groups (broad SMARTS) is 1. The van der Waals surface area contributed by atoms with Crippen molar-refractivity contribution >= 4 is 25.7 Å². The lowest BCUT2D eigenvalue weighted by Crippen LogP contribution is -2.49. The van der Waals surface area contributed by atoms with Crippen LogP contribution in [0.1, 0.15) is 78.1 Å². The first kappa shape index (κ1) is 45.8. The summed E-state index contributed by atoms with van der Waals surface area (Å²) >= 11 is 0. The van der Waals surface area contributed by atoms with E-state index < -0.39 is 107 Å². The first-order chi connectivity index (χ1) is 21.9. The lowest BCUT2D eigenvalue weighted by atomic mass is 9.93. The van der Waals surface area contributed by atoms with Gasteiger partial charge in [-0.2, -0.15) is 43.9 Å². The zero-order valence-corrected chi connectivity index (χ0v) is 26.9.